The van der Waals surface area contributed by atoms with Crippen molar-refractivity contribution in [1.82, 2.24) is 14.9 Å². The van der Waals surface area contributed by atoms with Gasteiger partial charge in [-0.2, -0.15) is 5.10 Å². The summed E-state index contributed by atoms with van der Waals surface area (Å²) in [6.07, 6.45) is 0. The molecule has 2 aromatic heterocycles. The second kappa shape index (κ2) is 7.20. The largest absolute Gasteiger partial charge is 0.355 e. The molecule has 0 atom stereocenters. The van der Waals surface area contributed by atoms with E-state index in [-0.39, 0.29) is 11.6 Å². The van der Waals surface area contributed by atoms with Crippen molar-refractivity contribution in [1.29, 1.82) is 0 Å². The van der Waals surface area contributed by atoms with Gasteiger partial charge in [0.1, 0.15) is 5.82 Å². The molecule has 0 aliphatic carbocycles. The molecule has 4 aromatic rings. The lowest BCUT2D eigenvalue weighted by Crippen LogP contribution is -2.15. The highest BCUT2D eigenvalue weighted by atomic mass is 79.9. The van der Waals surface area contributed by atoms with Crippen molar-refractivity contribution >= 4 is 27.7 Å². The number of aryl methyl sites for hydroxylation is 1. The number of halogens is 1. The first-order chi connectivity index (χ1) is 13.1. The summed E-state index contributed by atoms with van der Waals surface area (Å²) in [5.74, 6) is 0.733. The normalized spacial score (nSPS) is 10.7. The van der Waals surface area contributed by atoms with E-state index in [1.54, 1.807) is 16.8 Å². The topological polar surface area (TPSA) is 73.0 Å². The Kier molecular flexibility index (Phi) is 4.60. The number of para-hydroxylation sites is 1. The maximum Gasteiger partial charge on any atom is 0.279 e. The molecule has 0 saturated carbocycles. The summed E-state index contributed by atoms with van der Waals surface area (Å²) in [7, 11) is 0. The lowest BCUT2D eigenvalue weighted by Gasteiger charge is -2.07. The van der Waals surface area contributed by atoms with Crippen LogP contribution in [0, 0.1) is 6.92 Å². The van der Waals surface area contributed by atoms with Crippen LogP contribution in [0.5, 0.6) is 0 Å². The quantitative estimate of drug-likeness (QED) is 0.509. The van der Waals surface area contributed by atoms with E-state index in [0.717, 1.165) is 21.4 Å². The number of nitrogens with zero attached hydrogens (tertiary/aromatic N) is 3. The van der Waals surface area contributed by atoms with E-state index in [2.05, 4.69) is 31.5 Å². The van der Waals surface area contributed by atoms with Gasteiger partial charge in [0, 0.05) is 22.2 Å². The van der Waals surface area contributed by atoms with Gasteiger partial charge < -0.3 is 9.84 Å². The molecule has 0 spiro atoms. The molecule has 4 rings (SSSR count). The lowest BCUT2D eigenvalue weighted by molar-refractivity contribution is 0.101. The minimum absolute atomic E-state index is 0.200. The number of benzene rings is 2. The fourth-order valence-corrected chi connectivity index (χ4v) is 2.93. The Labute approximate surface area is 163 Å². The molecule has 0 aliphatic rings. The average molecular weight is 423 g/mol. The van der Waals surface area contributed by atoms with Crippen molar-refractivity contribution in [2.45, 2.75) is 6.92 Å². The van der Waals surface area contributed by atoms with Gasteiger partial charge in [-0.3, -0.25) is 4.79 Å². The highest BCUT2D eigenvalue weighted by molar-refractivity contribution is 9.10. The van der Waals surface area contributed by atoms with Gasteiger partial charge in [0.2, 0.25) is 0 Å². The summed E-state index contributed by atoms with van der Waals surface area (Å²) >= 11 is 3.39. The van der Waals surface area contributed by atoms with Gasteiger partial charge >= 0.3 is 0 Å². The van der Waals surface area contributed by atoms with Crippen LogP contribution in [0.3, 0.4) is 0 Å². The molecule has 1 N–H and O–H groups in total. The molecule has 1 amide bonds. The van der Waals surface area contributed by atoms with Crippen molar-refractivity contribution in [3.8, 4) is 17.0 Å². The third kappa shape index (κ3) is 3.68. The number of hydrogen-bond donors (Lipinski definition) is 1. The molecule has 2 aromatic carbocycles. The number of carbonyl (C=O) groups excluding carboxylic acids is 1. The van der Waals surface area contributed by atoms with Gasteiger partial charge in [-0.15, -0.1) is 0 Å². The van der Waals surface area contributed by atoms with Crippen molar-refractivity contribution in [2.24, 2.45) is 0 Å². The first kappa shape index (κ1) is 17.2. The first-order valence-corrected chi connectivity index (χ1v) is 9.05. The minimum atomic E-state index is -0.362. The second-order valence-corrected chi connectivity index (χ2v) is 6.87. The molecular weight excluding hydrogens is 408 g/mol. The number of amides is 1. The average Bonchev–Trinajstić information content (AvgIpc) is 3.30. The Bertz CT molecular complexity index is 1080. The summed E-state index contributed by atoms with van der Waals surface area (Å²) in [6, 6.07) is 20.6. The van der Waals surface area contributed by atoms with Gasteiger partial charge in [-0.1, -0.05) is 51.4 Å². The Morgan fingerprint density at radius 1 is 1.07 bits per heavy atom. The predicted octanol–water partition coefficient (Wildman–Crippen LogP) is 4.85. The maximum atomic E-state index is 12.6. The molecule has 0 radical (unpaired) electrons. The fourth-order valence-electron chi connectivity index (χ4n) is 2.67. The SMILES string of the molecule is Cc1cc(NC(=O)c2cc(-c3ccc(Br)cc3)on2)n(-c2ccccc2)n1. The van der Waals surface area contributed by atoms with E-state index in [1.165, 1.54) is 0 Å². The van der Waals surface area contributed by atoms with E-state index in [1.807, 2.05) is 61.5 Å². The zero-order valence-electron chi connectivity index (χ0n) is 14.4. The molecular formula is C20H15BrN4O2. The third-order valence-electron chi connectivity index (χ3n) is 3.95. The zero-order valence-corrected chi connectivity index (χ0v) is 16.0. The van der Waals surface area contributed by atoms with Gasteiger partial charge in [0.15, 0.2) is 11.5 Å². The molecule has 6 nitrogen and oxygen atoms in total. The molecule has 7 heteroatoms. The number of carbonyl (C=O) groups is 1. The van der Waals surface area contributed by atoms with Gasteiger partial charge in [-0.25, -0.2) is 4.68 Å². The summed E-state index contributed by atoms with van der Waals surface area (Å²) in [6.45, 7) is 1.87. The number of anilines is 1. The Balaban J connectivity index is 1.58. The van der Waals surface area contributed by atoms with Gasteiger partial charge in [0.05, 0.1) is 11.4 Å². The predicted molar refractivity (Wildman–Crippen MR) is 106 cm³/mol. The molecule has 0 fully saturated rings. The van der Waals surface area contributed by atoms with E-state index in [4.69, 9.17) is 4.52 Å². The molecule has 0 bridgehead atoms. The first-order valence-electron chi connectivity index (χ1n) is 8.26. The van der Waals surface area contributed by atoms with Gasteiger partial charge in [-0.05, 0) is 31.2 Å². The van der Waals surface area contributed by atoms with Crippen molar-refractivity contribution < 1.29 is 9.32 Å². The zero-order chi connectivity index (χ0) is 18.8. The van der Waals surface area contributed by atoms with Crippen LogP contribution in [0.4, 0.5) is 5.82 Å². The molecule has 134 valence electrons. The van der Waals surface area contributed by atoms with Gasteiger partial charge in [0.25, 0.3) is 5.91 Å². The minimum Gasteiger partial charge on any atom is -0.355 e. The summed E-state index contributed by atoms with van der Waals surface area (Å²) < 4.78 is 7.97. The Morgan fingerprint density at radius 3 is 2.56 bits per heavy atom. The van der Waals surface area contributed by atoms with E-state index in [0.29, 0.717) is 11.6 Å². The molecule has 0 aliphatic heterocycles. The third-order valence-corrected chi connectivity index (χ3v) is 4.47. The highest BCUT2D eigenvalue weighted by Gasteiger charge is 2.17. The molecule has 27 heavy (non-hydrogen) atoms. The number of hydrogen-bond acceptors (Lipinski definition) is 4. The van der Waals surface area contributed by atoms with Crippen molar-refractivity contribution in [3.05, 3.63) is 82.6 Å². The maximum absolute atomic E-state index is 12.6. The summed E-state index contributed by atoms with van der Waals surface area (Å²) in [4.78, 5) is 12.6. The molecule has 0 unspecified atom stereocenters. The van der Waals surface area contributed by atoms with Crippen LogP contribution in [-0.2, 0) is 0 Å². The Morgan fingerprint density at radius 2 is 1.81 bits per heavy atom. The van der Waals surface area contributed by atoms with E-state index >= 15 is 0 Å². The highest BCUT2D eigenvalue weighted by Crippen LogP contribution is 2.23. The fraction of sp³-hybridized carbons (Fsp3) is 0.0500. The van der Waals surface area contributed by atoms with Crippen LogP contribution in [0.1, 0.15) is 16.2 Å². The Hall–Kier alpha value is -3.19. The van der Waals surface area contributed by atoms with Crippen molar-refractivity contribution in [2.75, 3.05) is 5.32 Å². The smallest absolute Gasteiger partial charge is 0.279 e. The van der Waals surface area contributed by atoms with Crippen LogP contribution < -0.4 is 5.32 Å². The van der Waals surface area contributed by atoms with Crippen LogP contribution in [0.25, 0.3) is 17.0 Å². The van der Waals surface area contributed by atoms with Crippen LogP contribution >= 0.6 is 15.9 Å². The van der Waals surface area contributed by atoms with Crippen molar-refractivity contribution in [3.63, 3.8) is 0 Å². The molecule has 2 heterocycles. The van der Waals surface area contributed by atoms with Crippen LogP contribution in [-0.4, -0.2) is 20.8 Å². The standard InChI is InChI=1S/C20H15BrN4O2/c1-13-11-19(25(23-13)16-5-3-2-4-6-16)22-20(26)17-12-18(27-24-17)14-7-9-15(21)10-8-14/h2-12H,1H3,(H,22,26). The monoisotopic (exact) mass is 422 g/mol. The summed E-state index contributed by atoms with van der Waals surface area (Å²) in [5.41, 5.74) is 2.70. The lowest BCUT2D eigenvalue weighted by atomic mass is 10.1. The van der Waals surface area contributed by atoms with Crippen LogP contribution in [0.2, 0.25) is 0 Å². The number of rotatable bonds is 4. The van der Waals surface area contributed by atoms with Crippen LogP contribution in [0.15, 0.2) is 75.7 Å². The van der Waals surface area contributed by atoms with E-state index in [9.17, 15) is 4.79 Å². The number of aromatic nitrogens is 3. The molecule has 0 saturated heterocycles. The van der Waals surface area contributed by atoms with E-state index < -0.39 is 0 Å². The summed E-state index contributed by atoms with van der Waals surface area (Å²) in [5, 5.41) is 11.2. The second-order valence-electron chi connectivity index (χ2n) is 5.96. The number of nitrogens with one attached hydrogen (secondary N) is 1.